The first-order chi connectivity index (χ1) is 10.4. The fourth-order valence-electron chi connectivity index (χ4n) is 5.70. The molecule has 3 saturated carbocycles. The van der Waals surface area contributed by atoms with Crippen molar-refractivity contribution in [2.45, 2.75) is 25.3 Å². The monoisotopic (exact) mass is 278 g/mol. The van der Waals surface area contributed by atoms with Crippen LogP contribution in [0.2, 0.25) is 0 Å². The third kappa shape index (κ3) is 1.66. The molecule has 5 unspecified atom stereocenters. The van der Waals surface area contributed by atoms with E-state index in [1.807, 2.05) is 12.3 Å². The van der Waals surface area contributed by atoms with Crippen molar-refractivity contribution in [3.63, 3.8) is 0 Å². The van der Waals surface area contributed by atoms with Crippen LogP contribution in [0.1, 0.15) is 30.9 Å². The summed E-state index contributed by atoms with van der Waals surface area (Å²) < 4.78 is 0. The molecule has 21 heavy (non-hydrogen) atoms. The van der Waals surface area contributed by atoms with Crippen molar-refractivity contribution >= 4 is 10.9 Å². The SMILES string of the molecule is CNC(c1ccc2cccnc2c1)C1C2C3CCC(C3)C21. The van der Waals surface area contributed by atoms with Crippen molar-refractivity contribution in [1.29, 1.82) is 0 Å². The number of benzene rings is 1. The molecule has 0 radical (unpaired) electrons. The third-order valence-electron chi connectivity index (χ3n) is 6.48. The average Bonchev–Trinajstić information content (AvgIpc) is 2.94. The average molecular weight is 278 g/mol. The van der Waals surface area contributed by atoms with Crippen molar-refractivity contribution < 1.29 is 0 Å². The van der Waals surface area contributed by atoms with E-state index in [0.29, 0.717) is 6.04 Å². The quantitative estimate of drug-likeness (QED) is 0.924. The number of rotatable bonds is 3. The van der Waals surface area contributed by atoms with Gasteiger partial charge in [0.1, 0.15) is 0 Å². The summed E-state index contributed by atoms with van der Waals surface area (Å²) in [4.78, 5) is 4.52. The van der Waals surface area contributed by atoms with Crippen LogP contribution < -0.4 is 5.32 Å². The van der Waals surface area contributed by atoms with Gasteiger partial charge in [-0.1, -0.05) is 18.2 Å². The van der Waals surface area contributed by atoms with Gasteiger partial charge in [-0.15, -0.1) is 0 Å². The van der Waals surface area contributed by atoms with E-state index < -0.39 is 0 Å². The van der Waals surface area contributed by atoms with Crippen LogP contribution in [-0.4, -0.2) is 12.0 Å². The Bertz CT molecular complexity index is 679. The van der Waals surface area contributed by atoms with Crippen LogP contribution in [-0.2, 0) is 0 Å². The molecule has 5 rings (SSSR count). The lowest BCUT2D eigenvalue weighted by Gasteiger charge is -2.21. The molecule has 1 aromatic carbocycles. The Morgan fingerprint density at radius 3 is 2.71 bits per heavy atom. The highest BCUT2D eigenvalue weighted by Gasteiger charge is 2.66. The first kappa shape index (κ1) is 12.2. The molecule has 1 aromatic heterocycles. The van der Waals surface area contributed by atoms with Gasteiger partial charge < -0.3 is 5.32 Å². The summed E-state index contributed by atoms with van der Waals surface area (Å²) >= 11 is 0. The highest BCUT2D eigenvalue weighted by Crippen LogP contribution is 2.72. The molecule has 2 aromatic rings. The predicted octanol–water partition coefficient (Wildman–Crippen LogP) is 3.79. The predicted molar refractivity (Wildman–Crippen MR) is 84.8 cm³/mol. The number of pyridine rings is 1. The van der Waals surface area contributed by atoms with Gasteiger partial charge in [0.15, 0.2) is 0 Å². The molecule has 5 atom stereocenters. The van der Waals surface area contributed by atoms with E-state index in [-0.39, 0.29) is 0 Å². The van der Waals surface area contributed by atoms with Crippen molar-refractivity contribution in [3.05, 3.63) is 42.1 Å². The summed E-state index contributed by atoms with van der Waals surface area (Å²) in [5.41, 5.74) is 2.56. The zero-order valence-corrected chi connectivity index (χ0v) is 12.5. The molecule has 3 fully saturated rings. The van der Waals surface area contributed by atoms with Gasteiger partial charge in [0.05, 0.1) is 5.52 Å². The fraction of sp³-hybridized carbons (Fsp3) is 0.526. The summed E-state index contributed by atoms with van der Waals surface area (Å²) in [5.74, 6) is 4.99. The molecule has 0 saturated heterocycles. The highest BCUT2D eigenvalue weighted by atomic mass is 14.9. The molecule has 3 aliphatic carbocycles. The van der Waals surface area contributed by atoms with Crippen LogP contribution in [0, 0.1) is 29.6 Å². The van der Waals surface area contributed by atoms with Gasteiger partial charge in [-0.2, -0.15) is 0 Å². The lowest BCUT2D eigenvalue weighted by molar-refractivity contribution is 0.386. The first-order valence-corrected chi connectivity index (χ1v) is 8.39. The molecule has 2 nitrogen and oxygen atoms in total. The summed E-state index contributed by atoms with van der Waals surface area (Å²) in [6.45, 7) is 0. The van der Waals surface area contributed by atoms with Gasteiger partial charge in [-0.3, -0.25) is 4.98 Å². The minimum Gasteiger partial charge on any atom is -0.313 e. The Labute approximate surface area is 126 Å². The largest absolute Gasteiger partial charge is 0.313 e. The Hall–Kier alpha value is -1.41. The molecule has 0 aliphatic heterocycles. The fourth-order valence-corrected chi connectivity index (χ4v) is 5.70. The number of hydrogen-bond acceptors (Lipinski definition) is 2. The Kier molecular flexibility index (Phi) is 2.49. The number of nitrogens with one attached hydrogen (secondary N) is 1. The van der Waals surface area contributed by atoms with Crippen molar-refractivity contribution in [2.75, 3.05) is 7.05 Å². The van der Waals surface area contributed by atoms with Crippen molar-refractivity contribution in [2.24, 2.45) is 29.6 Å². The van der Waals surface area contributed by atoms with E-state index in [4.69, 9.17) is 0 Å². The minimum absolute atomic E-state index is 0.523. The smallest absolute Gasteiger partial charge is 0.0705 e. The van der Waals surface area contributed by atoms with Crippen molar-refractivity contribution in [3.8, 4) is 0 Å². The van der Waals surface area contributed by atoms with Crippen LogP contribution >= 0.6 is 0 Å². The van der Waals surface area contributed by atoms with Gasteiger partial charge in [-0.25, -0.2) is 0 Å². The molecular formula is C19H22N2. The molecule has 3 aliphatic rings. The Morgan fingerprint density at radius 2 is 1.95 bits per heavy atom. The standard InChI is InChI=1S/C19H22N2/c1-20-19(18-16-12-5-6-13(9-12)17(16)18)14-7-4-11-3-2-8-21-15(11)10-14/h2-4,7-8,10,12-13,16-20H,5-6,9H2,1H3. The number of fused-ring (bicyclic) bond motifs is 6. The number of aromatic nitrogens is 1. The molecule has 0 spiro atoms. The van der Waals surface area contributed by atoms with E-state index in [2.05, 4.69) is 41.6 Å². The Balaban J connectivity index is 1.49. The van der Waals surface area contributed by atoms with Crippen LogP contribution in [0.25, 0.3) is 10.9 Å². The number of nitrogens with zero attached hydrogens (tertiary/aromatic N) is 1. The van der Waals surface area contributed by atoms with E-state index in [1.54, 1.807) is 0 Å². The molecular weight excluding hydrogens is 256 g/mol. The van der Waals surface area contributed by atoms with Gasteiger partial charge in [-0.05, 0) is 73.6 Å². The second-order valence-corrected chi connectivity index (χ2v) is 7.29. The minimum atomic E-state index is 0.523. The second kappa shape index (κ2) is 4.30. The second-order valence-electron chi connectivity index (χ2n) is 7.29. The van der Waals surface area contributed by atoms with Crippen molar-refractivity contribution in [1.82, 2.24) is 10.3 Å². The van der Waals surface area contributed by atoms with Crippen LogP contribution in [0.5, 0.6) is 0 Å². The highest BCUT2D eigenvalue weighted by molar-refractivity contribution is 5.79. The van der Waals surface area contributed by atoms with Gasteiger partial charge in [0.2, 0.25) is 0 Å². The van der Waals surface area contributed by atoms with Crippen LogP contribution in [0.15, 0.2) is 36.5 Å². The van der Waals surface area contributed by atoms with Gasteiger partial charge in [0, 0.05) is 17.6 Å². The molecule has 2 heteroatoms. The maximum Gasteiger partial charge on any atom is 0.0705 e. The van der Waals surface area contributed by atoms with E-state index in [1.165, 1.54) is 30.2 Å². The van der Waals surface area contributed by atoms with Crippen LogP contribution in [0.4, 0.5) is 0 Å². The molecule has 108 valence electrons. The summed E-state index contributed by atoms with van der Waals surface area (Å²) in [6, 6.07) is 11.5. The van der Waals surface area contributed by atoms with E-state index in [9.17, 15) is 0 Å². The molecule has 1 heterocycles. The van der Waals surface area contributed by atoms with Gasteiger partial charge >= 0.3 is 0 Å². The molecule has 0 amide bonds. The topological polar surface area (TPSA) is 24.9 Å². The summed E-state index contributed by atoms with van der Waals surface area (Å²) in [6.07, 6.45) is 6.42. The van der Waals surface area contributed by atoms with Crippen LogP contribution in [0.3, 0.4) is 0 Å². The van der Waals surface area contributed by atoms with E-state index in [0.717, 1.165) is 35.1 Å². The maximum absolute atomic E-state index is 4.52. The molecule has 2 bridgehead atoms. The molecule has 1 N–H and O–H groups in total. The first-order valence-electron chi connectivity index (χ1n) is 8.39. The summed E-state index contributed by atoms with van der Waals surface area (Å²) in [5, 5.41) is 4.86. The maximum atomic E-state index is 4.52. The summed E-state index contributed by atoms with van der Waals surface area (Å²) in [7, 11) is 2.13. The zero-order valence-electron chi connectivity index (χ0n) is 12.5. The van der Waals surface area contributed by atoms with Gasteiger partial charge in [0.25, 0.3) is 0 Å². The number of hydrogen-bond donors (Lipinski definition) is 1. The third-order valence-corrected chi connectivity index (χ3v) is 6.48. The lowest BCUT2D eigenvalue weighted by Crippen LogP contribution is -2.22. The normalized spacial score (nSPS) is 37.7. The lowest BCUT2D eigenvalue weighted by atomic mass is 9.92. The Morgan fingerprint density at radius 1 is 1.14 bits per heavy atom. The van der Waals surface area contributed by atoms with E-state index >= 15 is 0 Å². The zero-order chi connectivity index (χ0) is 14.0.